The van der Waals surface area contributed by atoms with Gasteiger partial charge in [-0.2, -0.15) is 4.58 Å². The van der Waals surface area contributed by atoms with Crippen LogP contribution in [0.2, 0.25) is 0 Å². The summed E-state index contributed by atoms with van der Waals surface area (Å²) >= 11 is 0. The summed E-state index contributed by atoms with van der Waals surface area (Å²) in [6.45, 7) is 18.8. The highest BCUT2D eigenvalue weighted by Crippen LogP contribution is 2.66. The van der Waals surface area contributed by atoms with Crippen LogP contribution >= 0.6 is 7.60 Å². The molecule has 2 aliphatic rings. The number of rotatable bonds is 16. The maximum Gasteiger partial charge on any atom is 0.358 e. The Morgan fingerprint density at radius 2 is 1.59 bits per heavy atom. The monoisotopic (exact) mass is 645 g/mol. The average Bonchev–Trinajstić information content (AvgIpc) is 3.40. The van der Waals surface area contributed by atoms with E-state index in [1.54, 1.807) is 0 Å². The molecule has 0 spiro atoms. The molecule has 0 aliphatic carbocycles. The highest BCUT2D eigenvalue weighted by Gasteiger charge is 2.51. The molecule has 8 heteroatoms. The van der Waals surface area contributed by atoms with Gasteiger partial charge in [-0.25, -0.2) is 0 Å². The number of fused-ring (bicyclic) bond motifs is 2. The van der Waals surface area contributed by atoms with Gasteiger partial charge in [-0.1, -0.05) is 61.2 Å². The number of hydrogen-bond acceptors (Lipinski definition) is 5. The van der Waals surface area contributed by atoms with Crippen LogP contribution in [-0.4, -0.2) is 47.7 Å². The molecule has 0 saturated carbocycles. The minimum atomic E-state index is -3.62. The Hall–Kier alpha value is -3.51. The third-order valence-electron chi connectivity index (χ3n) is 9.16. The molecular formula is C38H50N2O5P+. The van der Waals surface area contributed by atoms with E-state index in [0.717, 1.165) is 42.9 Å². The number of hydrogen-bond donors (Lipinski definition) is 1. The lowest BCUT2D eigenvalue weighted by Gasteiger charge is -2.34. The summed E-state index contributed by atoms with van der Waals surface area (Å²) in [6, 6.07) is 16.7. The zero-order valence-electron chi connectivity index (χ0n) is 28.3. The molecule has 4 rings (SSSR count). The van der Waals surface area contributed by atoms with Crippen LogP contribution in [0, 0.1) is 0 Å². The summed E-state index contributed by atoms with van der Waals surface area (Å²) in [7, 11) is -3.62. The van der Waals surface area contributed by atoms with Gasteiger partial charge in [0.15, 0.2) is 5.71 Å². The first kappa shape index (κ1) is 35.3. The fourth-order valence-electron chi connectivity index (χ4n) is 6.84. The Kier molecular flexibility index (Phi) is 11.5. The second-order valence-electron chi connectivity index (χ2n) is 12.3. The molecule has 46 heavy (non-hydrogen) atoms. The first-order valence-electron chi connectivity index (χ1n) is 16.4. The van der Waals surface area contributed by atoms with Crippen LogP contribution in [0.3, 0.4) is 0 Å². The molecule has 0 fully saturated rings. The van der Waals surface area contributed by atoms with E-state index < -0.39 is 19.0 Å². The smallest absolute Gasteiger partial charge is 0.358 e. The first-order chi connectivity index (χ1) is 22.0. The number of unbranched alkanes of at least 4 members (excludes halogenated alkanes) is 2. The second-order valence-corrected chi connectivity index (χ2v) is 14.4. The first-order valence-corrected chi connectivity index (χ1v) is 18.0. The standard InChI is InChI=1S/C38H49N2O5P/c1-8-39-33-24-19-17-22-31(33)38(7,29(4)46(43,44-9-2)45-10-3)35(39)26-14-11-13-25-34-37(5,6)30-21-16-18-23-32(30)40(34)28-20-12-15-27-36(41)42/h11,13-14,16-19,21-26H,4,8-10,12,15,20,27-28H2,1-3,5-7H3/p+1. The number of aliphatic carboxylic acids is 1. The van der Waals surface area contributed by atoms with Crippen molar-refractivity contribution in [3.8, 4) is 0 Å². The third kappa shape index (κ3) is 6.78. The van der Waals surface area contributed by atoms with E-state index in [1.807, 2.05) is 38.1 Å². The number of benzene rings is 2. The molecule has 1 N–H and O–H groups in total. The van der Waals surface area contributed by atoms with Gasteiger partial charge >= 0.3 is 13.6 Å². The van der Waals surface area contributed by atoms with E-state index in [-0.39, 0.29) is 25.0 Å². The second kappa shape index (κ2) is 14.9. The molecule has 2 aliphatic heterocycles. The molecule has 2 heterocycles. The molecule has 0 bridgehead atoms. The lowest BCUT2D eigenvalue weighted by molar-refractivity contribution is -0.438. The molecule has 2 aromatic rings. The summed E-state index contributed by atoms with van der Waals surface area (Å²) in [5, 5.41) is 9.45. The molecular weight excluding hydrogens is 595 g/mol. The van der Waals surface area contributed by atoms with Crippen molar-refractivity contribution < 1.29 is 28.1 Å². The highest BCUT2D eigenvalue weighted by molar-refractivity contribution is 7.58. The van der Waals surface area contributed by atoms with Crippen molar-refractivity contribution in [1.82, 2.24) is 0 Å². The number of para-hydroxylation sites is 2. The van der Waals surface area contributed by atoms with Gasteiger partial charge < -0.3 is 19.1 Å². The average molecular weight is 646 g/mol. The zero-order valence-corrected chi connectivity index (χ0v) is 29.2. The summed E-state index contributed by atoms with van der Waals surface area (Å²) in [5.41, 5.74) is 5.79. The Labute approximate surface area is 275 Å². The minimum absolute atomic E-state index is 0.178. The number of allylic oxidation sites excluding steroid dienone is 6. The Balaban J connectivity index is 1.68. The molecule has 7 nitrogen and oxygen atoms in total. The fourth-order valence-corrected chi connectivity index (χ4v) is 8.69. The summed E-state index contributed by atoms with van der Waals surface area (Å²) in [6.07, 6.45) is 13.1. The van der Waals surface area contributed by atoms with Crippen molar-refractivity contribution in [1.29, 1.82) is 0 Å². The molecule has 1 unspecified atom stereocenters. The maximum atomic E-state index is 14.1. The van der Waals surface area contributed by atoms with Crippen molar-refractivity contribution >= 4 is 30.7 Å². The van der Waals surface area contributed by atoms with Crippen molar-refractivity contribution in [3.05, 3.63) is 108 Å². The van der Waals surface area contributed by atoms with E-state index in [0.29, 0.717) is 11.7 Å². The van der Waals surface area contributed by atoms with Crippen molar-refractivity contribution in [2.75, 3.05) is 31.2 Å². The molecule has 1 atom stereocenters. The fraction of sp³-hybridized carbons (Fsp3) is 0.421. The Morgan fingerprint density at radius 3 is 2.24 bits per heavy atom. The number of nitrogens with zero attached hydrogens (tertiary/aromatic N) is 2. The summed E-state index contributed by atoms with van der Waals surface area (Å²) < 4.78 is 28.0. The number of anilines is 1. The lowest BCUT2D eigenvalue weighted by Crippen LogP contribution is -2.30. The number of likely N-dealkylation sites (N-methyl/N-ethyl adjacent to an activating group) is 1. The van der Waals surface area contributed by atoms with E-state index in [9.17, 15) is 9.36 Å². The van der Waals surface area contributed by atoms with Gasteiger partial charge in [0.05, 0.1) is 29.4 Å². The van der Waals surface area contributed by atoms with Crippen LogP contribution in [0.15, 0.2) is 96.5 Å². The summed E-state index contributed by atoms with van der Waals surface area (Å²) in [5.74, 6) is -0.740. The van der Waals surface area contributed by atoms with Gasteiger partial charge in [0.25, 0.3) is 0 Å². The van der Waals surface area contributed by atoms with Crippen LogP contribution in [0.1, 0.15) is 78.4 Å². The van der Waals surface area contributed by atoms with Gasteiger partial charge in [0.2, 0.25) is 5.69 Å². The van der Waals surface area contributed by atoms with Gasteiger partial charge in [0, 0.05) is 48.5 Å². The highest BCUT2D eigenvalue weighted by atomic mass is 31.2. The van der Waals surface area contributed by atoms with Crippen LogP contribution in [-0.2, 0) is 29.2 Å². The topological polar surface area (TPSA) is 79.1 Å². The molecule has 0 radical (unpaired) electrons. The molecule has 246 valence electrons. The van der Waals surface area contributed by atoms with Gasteiger partial charge in [-0.3, -0.25) is 9.36 Å². The quantitative estimate of drug-likeness (QED) is 0.0849. The van der Waals surface area contributed by atoms with Crippen molar-refractivity contribution in [3.63, 3.8) is 0 Å². The van der Waals surface area contributed by atoms with Gasteiger partial charge in [0.1, 0.15) is 6.54 Å². The van der Waals surface area contributed by atoms with E-state index in [2.05, 4.69) is 98.4 Å². The van der Waals surface area contributed by atoms with E-state index in [4.69, 9.17) is 14.2 Å². The van der Waals surface area contributed by atoms with Crippen LogP contribution in [0.5, 0.6) is 0 Å². The maximum absolute atomic E-state index is 14.1. The predicted molar refractivity (Wildman–Crippen MR) is 189 cm³/mol. The van der Waals surface area contributed by atoms with E-state index in [1.165, 1.54) is 17.0 Å². The minimum Gasteiger partial charge on any atom is -0.481 e. The largest absolute Gasteiger partial charge is 0.481 e. The van der Waals surface area contributed by atoms with Crippen LogP contribution in [0.4, 0.5) is 11.4 Å². The normalized spacial score (nSPS) is 19.9. The number of carboxylic acid groups (broad SMARTS) is 1. The predicted octanol–water partition coefficient (Wildman–Crippen LogP) is 9.28. The molecule has 0 aromatic heterocycles. The zero-order chi connectivity index (χ0) is 33.5. The van der Waals surface area contributed by atoms with Crippen LogP contribution in [0.25, 0.3) is 0 Å². The molecule has 2 aromatic carbocycles. The Bertz CT molecular complexity index is 1610. The molecule has 0 amide bonds. The van der Waals surface area contributed by atoms with Gasteiger partial charge in [-0.05, 0) is 72.1 Å². The summed E-state index contributed by atoms with van der Waals surface area (Å²) in [4.78, 5) is 13.2. The van der Waals surface area contributed by atoms with Crippen molar-refractivity contribution in [2.45, 2.75) is 78.1 Å². The molecule has 0 saturated heterocycles. The SMILES string of the molecule is C=C(C1(C)C(=CC=CC=CC2=[N+](CCCCCC(=O)O)c3ccccc3C2(C)C)N(CC)c2ccccc21)P(=O)(OCC)OCC. The van der Waals surface area contributed by atoms with E-state index >= 15 is 0 Å². The number of carbonyl (C=O) groups is 1. The Morgan fingerprint density at radius 1 is 0.935 bits per heavy atom. The number of carboxylic acids is 1. The van der Waals surface area contributed by atoms with Crippen molar-refractivity contribution in [2.24, 2.45) is 0 Å². The lowest BCUT2D eigenvalue weighted by atomic mass is 9.81. The van der Waals surface area contributed by atoms with Gasteiger partial charge in [-0.15, -0.1) is 0 Å². The van der Waals surface area contributed by atoms with Crippen LogP contribution < -0.4 is 4.90 Å². The third-order valence-corrected chi connectivity index (χ3v) is 11.5.